The first-order valence-corrected chi connectivity index (χ1v) is 8.50. The summed E-state index contributed by atoms with van der Waals surface area (Å²) in [5, 5.41) is 3.14. The van der Waals surface area contributed by atoms with Crippen molar-refractivity contribution in [2.24, 2.45) is 0 Å². The van der Waals surface area contributed by atoms with E-state index in [4.69, 9.17) is 9.47 Å². The van der Waals surface area contributed by atoms with Gasteiger partial charge in [-0.05, 0) is 31.2 Å². The van der Waals surface area contributed by atoms with Crippen molar-refractivity contribution >= 4 is 16.7 Å². The summed E-state index contributed by atoms with van der Waals surface area (Å²) in [6.07, 6.45) is -0.0394. The number of H-pyrrole nitrogens is 1. The fraction of sp³-hybridized carbons (Fsp3) is 0.250. The highest BCUT2D eigenvalue weighted by atomic mass is 16.5. The molecule has 0 atom stereocenters. The van der Waals surface area contributed by atoms with Gasteiger partial charge in [0.25, 0.3) is 11.1 Å². The number of esters is 1. The number of carbonyl (C=O) groups is 1. The Hall–Kier alpha value is -3.35. The van der Waals surface area contributed by atoms with Crippen molar-refractivity contribution in [1.82, 2.24) is 9.78 Å². The quantitative estimate of drug-likeness (QED) is 0.673. The molecule has 1 N–H and O–H groups in total. The van der Waals surface area contributed by atoms with Crippen LogP contribution in [0.5, 0.6) is 5.75 Å². The number of nitrogens with zero attached hydrogens (tertiary/aromatic N) is 1. The molecule has 0 fully saturated rings. The summed E-state index contributed by atoms with van der Waals surface area (Å²) in [6.45, 7) is 2.04. The Kier molecular flexibility index (Phi) is 5.40. The van der Waals surface area contributed by atoms with Gasteiger partial charge in [0.1, 0.15) is 12.4 Å². The fourth-order valence-corrected chi connectivity index (χ4v) is 2.86. The highest BCUT2D eigenvalue weighted by Crippen LogP contribution is 2.20. The number of rotatable bonds is 6. The fourth-order valence-electron chi connectivity index (χ4n) is 2.86. The Morgan fingerprint density at radius 2 is 1.85 bits per heavy atom. The normalized spacial score (nSPS) is 10.7. The zero-order chi connectivity index (χ0) is 19.4. The molecule has 2 aromatic carbocycles. The molecular formula is C20H20N2O5. The summed E-state index contributed by atoms with van der Waals surface area (Å²) < 4.78 is 11.7. The van der Waals surface area contributed by atoms with E-state index in [1.165, 1.54) is 0 Å². The van der Waals surface area contributed by atoms with Gasteiger partial charge < -0.3 is 9.47 Å². The Balaban J connectivity index is 1.67. The summed E-state index contributed by atoms with van der Waals surface area (Å²) in [5.74, 6) is 0.169. The lowest BCUT2D eigenvalue weighted by Gasteiger charge is -2.11. The van der Waals surface area contributed by atoms with Crippen LogP contribution in [-0.2, 0) is 22.7 Å². The minimum Gasteiger partial charge on any atom is -0.496 e. The zero-order valence-electron chi connectivity index (χ0n) is 15.2. The molecule has 0 aliphatic rings. The molecule has 0 unspecified atom stereocenters. The van der Waals surface area contributed by atoms with Gasteiger partial charge in [-0.2, -0.15) is 0 Å². The number of nitrogens with one attached hydrogen (secondary N) is 1. The topological polar surface area (TPSA) is 90.4 Å². The number of aromatic amines is 1. The largest absolute Gasteiger partial charge is 0.496 e. The molecule has 0 aliphatic carbocycles. The molecule has 0 amide bonds. The molecule has 1 heterocycles. The summed E-state index contributed by atoms with van der Waals surface area (Å²) >= 11 is 0. The van der Waals surface area contributed by atoms with Crippen LogP contribution in [0.15, 0.2) is 52.1 Å². The van der Waals surface area contributed by atoms with Gasteiger partial charge in [0.2, 0.25) is 0 Å². The molecule has 1 aromatic heterocycles. The predicted octanol–water partition coefficient (Wildman–Crippen LogP) is 2.14. The number of benzene rings is 2. The number of hydrogen-bond donors (Lipinski definition) is 1. The van der Waals surface area contributed by atoms with Gasteiger partial charge in [-0.3, -0.25) is 19.5 Å². The average molecular weight is 368 g/mol. The van der Waals surface area contributed by atoms with Crippen LogP contribution in [0.4, 0.5) is 0 Å². The number of ether oxygens (including phenoxy) is 2. The SMILES string of the molecule is COc1ccc(C)cc1COC(=O)CCn1[nH]c(=O)c2ccccc2c1=O. The molecule has 0 bridgehead atoms. The minimum absolute atomic E-state index is 0.0304. The molecule has 0 saturated heterocycles. The second-order valence-corrected chi connectivity index (χ2v) is 6.17. The number of aromatic nitrogens is 2. The summed E-state index contributed by atoms with van der Waals surface area (Å²) in [4.78, 5) is 36.5. The van der Waals surface area contributed by atoms with E-state index in [0.717, 1.165) is 15.8 Å². The van der Waals surface area contributed by atoms with E-state index in [1.54, 1.807) is 31.4 Å². The van der Waals surface area contributed by atoms with E-state index in [9.17, 15) is 14.4 Å². The van der Waals surface area contributed by atoms with Crippen molar-refractivity contribution in [3.05, 3.63) is 74.3 Å². The van der Waals surface area contributed by atoms with Gasteiger partial charge >= 0.3 is 5.97 Å². The molecule has 7 heteroatoms. The van der Waals surface area contributed by atoms with Gasteiger partial charge in [0.15, 0.2) is 0 Å². The second-order valence-electron chi connectivity index (χ2n) is 6.17. The van der Waals surface area contributed by atoms with Crippen molar-refractivity contribution in [1.29, 1.82) is 0 Å². The predicted molar refractivity (Wildman–Crippen MR) is 101 cm³/mol. The van der Waals surface area contributed by atoms with Gasteiger partial charge in [-0.1, -0.05) is 23.8 Å². The Bertz CT molecular complexity index is 1100. The van der Waals surface area contributed by atoms with Crippen molar-refractivity contribution in [2.45, 2.75) is 26.5 Å². The van der Waals surface area contributed by atoms with Crippen molar-refractivity contribution in [2.75, 3.05) is 7.11 Å². The Morgan fingerprint density at radius 1 is 1.11 bits per heavy atom. The van der Waals surface area contributed by atoms with Crippen LogP contribution in [-0.4, -0.2) is 22.9 Å². The maximum atomic E-state index is 12.4. The maximum absolute atomic E-state index is 12.4. The monoisotopic (exact) mass is 368 g/mol. The number of aryl methyl sites for hydroxylation is 2. The molecule has 140 valence electrons. The first-order valence-electron chi connectivity index (χ1n) is 8.50. The number of methoxy groups -OCH3 is 1. The molecular weight excluding hydrogens is 348 g/mol. The van der Waals surface area contributed by atoms with E-state index in [0.29, 0.717) is 16.5 Å². The van der Waals surface area contributed by atoms with Crippen LogP contribution in [0, 0.1) is 6.92 Å². The Labute approximate surface area is 155 Å². The zero-order valence-corrected chi connectivity index (χ0v) is 15.2. The van der Waals surface area contributed by atoms with Gasteiger partial charge in [0.05, 0.1) is 30.8 Å². The summed E-state index contributed by atoms with van der Waals surface area (Å²) in [5.41, 5.74) is 1.07. The molecule has 0 aliphatic heterocycles. The van der Waals surface area contributed by atoms with E-state index in [1.807, 2.05) is 25.1 Å². The van der Waals surface area contributed by atoms with E-state index in [2.05, 4.69) is 5.10 Å². The maximum Gasteiger partial charge on any atom is 0.308 e. The van der Waals surface area contributed by atoms with Crippen LogP contribution < -0.4 is 15.9 Å². The highest BCUT2D eigenvalue weighted by Gasteiger charge is 2.11. The van der Waals surface area contributed by atoms with Gasteiger partial charge in [-0.15, -0.1) is 0 Å². The summed E-state index contributed by atoms with van der Waals surface area (Å²) in [6, 6.07) is 12.2. The third-order valence-corrected chi connectivity index (χ3v) is 4.25. The molecule has 0 spiro atoms. The van der Waals surface area contributed by atoms with Crippen molar-refractivity contribution < 1.29 is 14.3 Å². The average Bonchev–Trinajstić information content (AvgIpc) is 2.68. The molecule has 27 heavy (non-hydrogen) atoms. The van der Waals surface area contributed by atoms with Crippen LogP contribution in [0.3, 0.4) is 0 Å². The van der Waals surface area contributed by atoms with E-state index < -0.39 is 5.97 Å². The lowest BCUT2D eigenvalue weighted by Crippen LogP contribution is -2.30. The highest BCUT2D eigenvalue weighted by molar-refractivity contribution is 5.80. The van der Waals surface area contributed by atoms with Crippen molar-refractivity contribution in [3.8, 4) is 5.75 Å². The molecule has 3 aromatic rings. The third-order valence-electron chi connectivity index (χ3n) is 4.25. The van der Waals surface area contributed by atoms with Crippen LogP contribution >= 0.6 is 0 Å². The molecule has 0 saturated carbocycles. The first-order chi connectivity index (χ1) is 13.0. The van der Waals surface area contributed by atoms with Gasteiger partial charge in [-0.25, -0.2) is 4.68 Å². The van der Waals surface area contributed by atoms with Crippen LogP contribution in [0.2, 0.25) is 0 Å². The van der Waals surface area contributed by atoms with Crippen molar-refractivity contribution in [3.63, 3.8) is 0 Å². The smallest absolute Gasteiger partial charge is 0.308 e. The molecule has 3 rings (SSSR count). The Morgan fingerprint density at radius 3 is 2.59 bits per heavy atom. The molecule has 0 radical (unpaired) electrons. The van der Waals surface area contributed by atoms with E-state index >= 15 is 0 Å². The third kappa shape index (κ3) is 4.08. The van der Waals surface area contributed by atoms with Gasteiger partial charge in [0, 0.05) is 5.56 Å². The number of fused-ring (bicyclic) bond motifs is 1. The first kappa shape index (κ1) is 18.4. The standard InChI is InChI=1S/C20H20N2O5/c1-13-7-8-17(26-2)14(11-13)12-27-18(23)9-10-22-20(25)16-6-4-3-5-15(16)19(24)21-22/h3-8,11H,9-10,12H2,1-2H3,(H,21,24). The lowest BCUT2D eigenvalue weighted by atomic mass is 10.1. The minimum atomic E-state index is -0.473. The van der Waals surface area contributed by atoms with Crippen LogP contribution in [0.25, 0.3) is 10.8 Å². The summed E-state index contributed by atoms with van der Waals surface area (Å²) in [7, 11) is 1.55. The molecule has 7 nitrogen and oxygen atoms in total. The number of carbonyl (C=O) groups excluding carboxylic acids is 1. The number of hydrogen-bond acceptors (Lipinski definition) is 5. The van der Waals surface area contributed by atoms with E-state index in [-0.39, 0.29) is 30.7 Å². The van der Waals surface area contributed by atoms with Crippen LogP contribution in [0.1, 0.15) is 17.5 Å². The lowest BCUT2D eigenvalue weighted by molar-refractivity contribution is -0.145. The second kappa shape index (κ2) is 7.90.